The van der Waals surface area contributed by atoms with Crippen LogP contribution in [0.25, 0.3) is 0 Å². The molecule has 5 rings (SSSR count). The van der Waals surface area contributed by atoms with Gasteiger partial charge in [0.25, 0.3) is 0 Å². The number of benzene rings is 1. The van der Waals surface area contributed by atoms with Crippen molar-refractivity contribution < 1.29 is 48.0 Å². The number of fused-ring (bicyclic) bond motifs is 5. The van der Waals surface area contributed by atoms with Crippen LogP contribution in [0, 0.1) is 5.92 Å². The van der Waals surface area contributed by atoms with Crippen LogP contribution in [0.1, 0.15) is 52.5 Å². The number of rotatable bonds is 10. The molecule has 4 heterocycles. The van der Waals surface area contributed by atoms with E-state index in [0.29, 0.717) is 23.6 Å². The number of hydrogen-bond acceptors (Lipinski definition) is 13. The van der Waals surface area contributed by atoms with Crippen LogP contribution in [0.2, 0.25) is 5.02 Å². The largest absolute Gasteiger partial charge is 0.495 e. The maximum atomic E-state index is 14.2. The van der Waals surface area contributed by atoms with Gasteiger partial charge < -0.3 is 38.6 Å². The first kappa shape index (κ1) is 44.3. The van der Waals surface area contributed by atoms with E-state index in [-0.39, 0.29) is 30.2 Å². The van der Waals surface area contributed by atoms with E-state index in [1.54, 1.807) is 58.3 Å². The van der Waals surface area contributed by atoms with E-state index >= 15 is 0 Å². The predicted octanol–water partition coefficient (Wildman–Crippen LogP) is 5.74. The third kappa shape index (κ3) is 10.4. The molecule has 2 fully saturated rings. The van der Waals surface area contributed by atoms with Gasteiger partial charge in [0, 0.05) is 51.9 Å². The van der Waals surface area contributed by atoms with Crippen molar-refractivity contribution in [2.24, 2.45) is 5.92 Å². The number of aromatic nitrogens is 1. The standard InChI is InChI=1S/C40H51ClN4O10S2/c1-23-12-11-13-30(52-8)40(50)22-29(53-38(49)43-40)24(2)36-39(4,55-36)31(21-34(47)45(6)27-19-26(18-23)20-28(51-7)35(27)41)54-37(48)25(3)44(5)33(46)15-17-56-57-32-14-9-10-16-42-32/h9-14,16,19-20,24-25,29-31,36,50H,15,17-18,21-22H2,1-8H3,(H,43,49)/b13-11+,23-12+/t24-,25+,29+,30-,31+,36+,39+,40+/m0/s1. The molecule has 0 saturated carbocycles. The highest BCUT2D eigenvalue weighted by Crippen LogP contribution is 2.49. The number of esters is 1. The fourth-order valence-electron chi connectivity index (χ4n) is 7.02. The summed E-state index contributed by atoms with van der Waals surface area (Å²) in [6.07, 6.45) is 2.76. The van der Waals surface area contributed by atoms with Gasteiger partial charge in [-0.3, -0.25) is 14.9 Å². The number of ether oxygens (including phenoxy) is 5. The first-order chi connectivity index (χ1) is 27.0. The van der Waals surface area contributed by atoms with Gasteiger partial charge in [0.15, 0.2) is 5.72 Å². The molecule has 0 spiro atoms. The summed E-state index contributed by atoms with van der Waals surface area (Å²) in [4.78, 5) is 61.1. The second-order valence-electron chi connectivity index (χ2n) is 14.7. The Bertz CT molecular complexity index is 1870. The fraction of sp³-hybridized carbons (Fsp3) is 0.525. The van der Waals surface area contributed by atoms with Crippen LogP contribution in [0.3, 0.4) is 0 Å². The smallest absolute Gasteiger partial charge is 0.409 e. The van der Waals surface area contributed by atoms with Gasteiger partial charge in [0.05, 0.1) is 25.3 Å². The molecule has 4 bridgehead atoms. The summed E-state index contributed by atoms with van der Waals surface area (Å²) < 4.78 is 29.3. The van der Waals surface area contributed by atoms with Crippen molar-refractivity contribution in [2.45, 2.75) is 100 Å². The molecule has 8 atom stereocenters. The number of pyridine rings is 1. The number of hydrogen-bond donors (Lipinski definition) is 2. The number of anilines is 1. The molecule has 310 valence electrons. The molecule has 14 nitrogen and oxygen atoms in total. The van der Waals surface area contributed by atoms with Crippen molar-refractivity contribution >= 4 is 62.8 Å². The van der Waals surface area contributed by atoms with Crippen molar-refractivity contribution in [1.29, 1.82) is 0 Å². The van der Waals surface area contributed by atoms with Crippen molar-refractivity contribution in [2.75, 3.05) is 39.0 Å². The van der Waals surface area contributed by atoms with E-state index in [1.807, 2.05) is 31.2 Å². The molecule has 2 aromatic rings. The zero-order chi connectivity index (χ0) is 41.7. The lowest BCUT2D eigenvalue weighted by atomic mass is 9.83. The highest BCUT2D eigenvalue weighted by molar-refractivity contribution is 8.76. The van der Waals surface area contributed by atoms with Gasteiger partial charge in [-0.2, -0.15) is 0 Å². The molecule has 3 amide bonds. The van der Waals surface area contributed by atoms with Gasteiger partial charge in [-0.15, -0.1) is 0 Å². The minimum Gasteiger partial charge on any atom is -0.495 e. The number of carbonyl (C=O) groups excluding carboxylic acids is 4. The number of carbonyl (C=O) groups is 4. The van der Waals surface area contributed by atoms with Crippen LogP contribution in [0.4, 0.5) is 10.5 Å². The molecular formula is C40H51ClN4O10S2. The van der Waals surface area contributed by atoms with Gasteiger partial charge in [-0.25, -0.2) is 14.6 Å². The lowest BCUT2D eigenvalue weighted by Crippen LogP contribution is -2.63. The van der Waals surface area contributed by atoms with Crippen LogP contribution in [0.5, 0.6) is 5.75 Å². The molecule has 1 aromatic carbocycles. The molecule has 57 heavy (non-hydrogen) atoms. The van der Waals surface area contributed by atoms with E-state index in [1.165, 1.54) is 52.7 Å². The number of nitrogens with one attached hydrogen (secondary N) is 1. The Morgan fingerprint density at radius 1 is 1.25 bits per heavy atom. The number of likely N-dealkylation sites (N-methyl/N-ethyl adjacent to an activating group) is 1. The second-order valence-corrected chi connectivity index (χ2v) is 17.5. The predicted molar refractivity (Wildman–Crippen MR) is 218 cm³/mol. The Morgan fingerprint density at radius 3 is 2.68 bits per heavy atom. The number of nitrogens with zero attached hydrogens (tertiary/aromatic N) is 3. The maximum Gasteiger partial charge on any atom is 0.409 e. The Balaban J connectivity index is 1.43. The molecule has 0 radical (unpaired) electrons. The quantitative estimate of drug-likeness (QED) is 0.129. The average Bonchev–Trinajstić information content (AvgIpc) is 3.88. The summed E-state index contributed by atoms with van der Waals surface area (Å²) in [6.45, 7) is 7.01. The SMILES string of the molecule is COc1cc2cc(c1Cl)N(C)C(=O)C[C@@H](OC(=O)[C@@H](C)N(C)C(=O)CCSSc1ccccn1)[C@@]1(C)O[C@@H]1[C@@H](C)[C@H]1C[C@](O)(NC(=O)O1)[C@@H](OC)/C=C/C=C(\C)C2. The summed E-state index contributed by atoms with van der Waals surface area (Å²) in [5.74, 6) is -1.11. The molecule has 3 aliphatic rings. The number of aliphatic hydroxyl groups is 1. The first-order valence-electron chi connectivity index (χ1n) is 18.6. The van der Waals surface area contributed by atoms with E-state index < -0.39 is 65.7 Å². The summed E-state index contributed by atoms with van der Waals surface area (Å²) in [7, 11) is 8.97. The van der Waals surface area contributed by atoms with E-state index in [2.05, 4.69) is 10.3 Å². The van der Waals surface area contributed by atoms with Gasteiger partial charge in [0.2, 0.25) is 11.8 Å². The van der Waals surface area contributed by atoms with E-state index in [9.17, 15) is 24.3 Å². The minimum absolute atomic E-state index is 0.0553. The second kappa shape index (κ2) is 18.9. The molecule has 3 aliphatic heterocycles. The first-order valence-corrected chi connectivity index (χ1v) is 21.3. The topological polar surface area (TPSA) is 169 Å². The van der Waals surface area contributed by atoms with Crippen LogP contribution in [0.15, 0.2) is 65.4 Å². The van der Waals surface area contributed by atoms with Crippen molar-refractivity contribution in [3.05, 3.63) is 70.9 Å². The Morgan fingerprint density at radius 2 is 2.00 bits per heavy atom. The zero-order valence-corrected chi connectivity index (χ0v) is 35.7. The summed E-state index contributed by atoms with van der Waals surface area (Å²) in [5.41, 5.74) is -0.941. The van der Waals surface area contributed by atoms with Gasteiger partial charge in [-0.05, 0) is 67.8 Å². The Labute approximate surface area is 346 Å². The monoisotopic (exact) mass is 846 g/mol. The van der Waals surface area contributed by atoms with Gasteiger partial charge in [0.1, 0.15) is 45.8 Å². The molecule has 17 heteroatoms. The molecule has 1 aromatic heterocycles. The van der Waals surface area contributed by atoms with Crippen LogP contribution in [-0.2, 0) is 39.8 Å². The summed E-state index contributed by atoms with van der Waals surface area (Å²) in [5, 5.41) is 15.3. The normalized spacial score (nSPS) is 29.8. The fourth-order valence-corrected chi connectivity index (χ4v) is 9.19. The molecule has 2 saturated heterocycles. The van der Waals surface area contributed by atoms with Crippen molar-refractivity contribution in [1.82, 2.24) is 15.2 Å². The third-order valence-electron chi connectivity index (χ3n) is 10.7. The van der Waals surface area contributed by atoms with E-state index in [4.69, 9.17) is 35.3 Å². The third-order valence-corrected chi connectivity index (χ3v) is 13.4. The Kier molecular flexibility index (Phi) is 14.7. The highest BCUT2D eigenvalue weighted by atomic mass is 35.5. The highest BCUT2D eigenvalue weighted by Gasteiger charge is 2.64. The van der Waals surface area contributed by atoms with Crippen molar-refractivity contribution in [3.63, 3.8) is 0 Å². The van der Waals surface area contributed by atoms with Crippen LogP contribution < -0.4 is 15.0 Å². The molecule has 0 aliphatic carbocycles. The molecular weight excluding hydrogens is 796 g/mol. The van der Waals surface area contributed by atoms with Crippen LogP contribution in [-0.4, -0.2) is 115 Å². The lowest BCUT2D eigenvalue weighted by Gasteiger charge is -2.42. The zero-order valence-electron chi connectivity index (χ0n) is 33.4. The number of epoxide rings is 1. The number of allylic oxidation sites excluding steroid dienone is 3. The number of halogens is 1. The molecule has 2 N–H and O–H groups in total. The number of amides is 3. The Hall–Kier alpha value is -3.80. The maximum absolute atomic E-state index is 14.2. The van der Waals surface area contributed by atoms with E-state index in [0.717, 1.165) is 16.2 Å². The van der Waals surface area contributed by atoms with Crippen molar-refractivity contribution in [3.8, 4) is 5.75 Å². The number of alkyl carbamates (subject to hydrolysis) is 1. The van der Waals surface area contributed by atoms with Gasteiger partial charge >= 0.3 is 12.1 Å². The summed E-state index contributed by atoms with van der Waals surface area (Å²) in [6, 6.07) is 8.19. The lowest BCUT2D eigenvalue weighted by molar-refractivity contribution is -0.162. The number of methoxy groups -OCH3 is 2. The average molecular weight is 847 g/mol. The van der Waals surface area contributed by atoms with Crippen LogP contribution >= 0.6 is 33.2 Å². The van der Waals surface area contributed by atoms with Gasteiger partial charge in [-0.1, -0.05) is 59.2 Å². The molecule has 0 unspecified atom stereocenters. The summed E-state index contributed by atoms with van der Waals surface area (Å²) >= 11 is 6.78. The minimum atomic E-state index is -1.83.